The third-order valence-corrected chi connectivity index (χ3v) is 3.92. The Balaban J connectivity index is 1.55. The summed E-state index contributed by atoms with van der Waals surface area (Å²) in [6.07, 6.45) is 2.75. The highest BCUT2D eigenvalue weighted by Crippen LogP contribution is 2.15. The Morgan fingerprint density at radius 2 is 2.08 bits per heavy atom. The fraction of sp³-hybridized carbons (Fsp3) is 0.158. The second-order valence-electron chi connectivity index (χ2n) is 5.70. The normalized spacial score (nSPS) is 11.8. The molecule has 0 saturated heterocycles. The zero-order chi connectivity index (χ0) is 18.5. The summed E-state index contributed by atoms with van der Waals surface area (Å²) in [5, 5.41) is 7.69. The van der Waals surface area contributed by atoms with Gasteiger partial charge in [0.1, 0.15) is 11.6 Å². The molecule has 0 fully saturated rings. The van der Waals surface area contributed by atoms with Gasteiger partial charge in [-0.1, -0.05) is 17.7 Å². The highest BCUT2D eigenvalue weighted by molar-refractivity contribution is 6.30. The average molecular weight is 374 g/mol. The first-order chi connectivity index (χ1) is 12.5. The van der Waals surface area contributed by atoms with Crippen molar-refractivity contribution in [2.75, 3.05) is 0 Å². The molecule has 2 aromatic carbocycles. The van der Waals surface area contributed by atoms with Crippen molar-refractivity contribution in [3.8, 4) is 11.4 Å². The molecule has 0 saturated carbocycles. The molecule has 134 valence electrons. The van der Waals surface area contributed by atoms with E-state index in [1.54, 1.807) is 36.0 Å². The van der Waals surface area contributed by atoms with E-state index in [1.807, 2.05) is 18.3 Å². The van der Waals surface area contributed by atoms with Crippen LogP contribution in [-0.2, 0) is 11.3 Å². The van der Waals surface area contributed by atoms with Crippen molar-refractivity contribution in [1.82, 2.24) is 15.1 Å². The number of nitrogens with one attached hydrogen (secondary N) is 1. The van der Waals surface area contributed by atoms with Crippen LogP contribution in [0.4, 0.5) is 4.39 Å². The van der Waals surface area contributed by atoms with Gasteiger partial charge in [0.05, 0.1) is 11.9 Å². The van der Waals surface area contributed by atoms with Crippen LogP contribution in [0.2, 0.25) is 5.02 Å². The Hall–Kier alpha value is -2.86. The number of hydrogen-bond acceptors (Lipinski definition) is 3. The van der Waals surface area contributed by atoms with Crippen LogP contribution in [0.15, 0.2) is 60.9 Å². The lowest BCUT2D eigenvalue weighted by Gasteiger charge is -2.14. The smallest absolute Gasteiger partial charge is 0.261 e. The van der Waals surface area contributed by atoms with E-state index in [9.17, 15) is 9.18 Å². The molecule has 1 atom stereocenters. The van der Waals surface area contributed by atoms with Crippen LogP contribution in [0.5, 0.6) is 5.75 Å². The molecule has 1 unspecified atom stereocenters. The van der Waals surface area contributed by atoms with Gasteiger partial charge < -0.3 is 10.1 Å². The number of rotatable bonds is 6. The molecule has 0 aliphatic rings. The first-order valence-electron chi connectivity index (χ1n) is 8.01. The minimum Gasteiger partial charge on any atom is -0.481 e. The molecule has 1 heterocycles. The molecular weight excluding hydrogens is 357 g/mol. The Morgan fingerprint density at radius 3 is 2.81 bits per heavy atom. The van der Waals surface area contributed by atoms with Crippen LogP contribution in [0.25, 0.3) is 5.69 Å². The first kappa shape index (κ1) is 17.9. The van der Waals surface area contributed by atoms with Crippen molar-refractivity contribution in [2.24, 2.45) is 0 Å². The van der Waals surface area contributed by atoms with Crippen molar-refractivity contribution in [3.05, 3.63) is 77.3 Å². The molecule has 26 heavy (non-hydrogen) atoms. The standard InChI is InChI=1S/C19H17ClFN3O2/c1-13(26-18-4-2-3-16(21)9-18)19(25)22-10-14-11-23-24(12-14)17-7-5-15(20)6-8-17/h2-9,11-13H,10H2,1H3,(H,22,25). The Labute approximate surface area is 155 Å². The summed E-state index contributed by atoms with van der Waals surface area (Å²) in [4.78, 5) is 12.1. The highest BCUT2D eigenvalue weighted by Gasteiger charge is 2.15. The molecule has 7 heteroatoms. The highest BCUT2D eigenvalue weighted by atomic mass is 35.5. The summed E-state index contributed by atoms with van der Waals surface area (Å²) in [7, 11) is 0. The maximum atomic E-state index is 13.2. The van der Waals surface area contributed by atoms with E-state index in [-0.39, 0.29) is 5.91 Å². The van der Waals surface area contributed by atoms with Gasteiger partial charge in [-0.25, -0.2) is 9.07 Å². The van der Waals surface area contributed by atoms with Gasteiger partial charge in [-0.3, -0.25) is 4.79 Å². The molecule has 0 radical (unpaired) electrons. The first-order valence-corrected chi connectivity index (χ1v) is 8.38. The van der Waals surface area contributed by atoms with E-state index >= 15 is 0 Å². The Morgan fingerprint density at radius 1 is 1.31 bits per heavy atom. The summed E-state index contributed by atoms with van der Waals surface area (Å²) >= 11 is 5.88. The van der Waals surface area contributed by atoms with Gasteiger partial charge in [0, 0.05) is 29.4 Å². The third kappa shape index (κ3) is 4.61. The third-order valence-electron chi connectivity index (χ3n) is 3.67. The molecule has 3 aromatic rings. The number of carbonyl (C=O) groups is 1. The van der Waals surface area contributed by atoms with E-state index in [2.05, 4.69) is 10.4 Å². The SMILES string of the molecule is CC(Oc1cccc(F)c1)C(=O)NCc1cnn(-c2ccc(Cl)cc2)c1. The van der Waals surface area contributed by atoms with Gasteiger partial charge in [-0.05, 0) is 43.3 Å². The maximum absolute atomic E-state index is 13.2. The molecule has 1 aromatic heterocycles. The molecule has 5 nitrogen and oxygen atoms in total. The van der Waals surface area contributed by atoms with Gasteiger partial charge in [0.15, 0.2) is 6.10 Å². The van der Waals surface area contributed by atoms with Crippen LogP contribution in [0.3, 0.4) is 0 Å². The number of halogens is 2. The van der Waals surface area contributed by atoms with Crippen LogP contribution in [0, 0.1) is 5.82 Å². The number of aromatic nitrogens is 2. The minimum absolute atomic E-state index is 0.298. The van der Waals surface area contributed by atoms with Gasteiger partial charge in [-0.2, -0.15) is 5.10 Å². The van der Waals surface area contributed by atoms with E-state index in [0.29, 0.717) is 17.3 Å². The summed E-state index contributed by atoms with van der Waals surface area (Å²) in [6, 6.07) is 13.0. The summed E-state index contributed by atoms with van der Waals surface area (Å²) < 4.78 is 20.3. The fourth-order valence-corrected chi connectivity index (χ4v) is 2.44. The second-order valence-corrected chi connectivity index (χ2v) is 6.14. The number of hydrogen-bond donors (Lipinski definition) is 1. The molecule has 1 N–H and O–H groups in total. The van der Waals surface area contributed by atoms with Crippen molar-refractivity contribution in [2.45, 2.75) is 19.6 Å². The number of nitrogens with zero attached hydrogens (tertiary/aromatic N) is 2. The largest absolute Gasteiger partial charge is 0.481 e. The summed E-state index contributed by atoms with van der Waals surface area (Å²) in [5.41, 5.74) is 1.71. The van der Waals surface area contributed by atoms with Crippen molar-refractivity contribution in [3.63, 3.8) is 0 Å². The van der Waals surface area contributed by atoms with Gasteiger partial charge in [0.25, 0.3) is 5.91 Å². The number of ether oxygens (including phenoxy) is 1. The fourth-order valence-electron chi connectivity index (χ4n) is 2.32. The molecule has 0 bridgehead atoms. The Kier molecular flexibility index (Phi) is 5.53. The molecule has 3 rings (SSSR count). The van der Waals surface area contributed by atoms with E-state index in [4.69, 9.17) is 16.3 Å². The molecule has 0 spiro atoms. The summed E-state index contributed by atoms with van der Waals surface area (Å²) in [5.74, 6) is -0.401. The van der Waals surface area contributed by atoms with Crippen molar-refractivity contribution in [1.29, 1.82) is 0 Å². The van der Waals surface area contributed by atoms with E-state index in [0.717, 1.165) is 11.3 Å². The van der Waals surface area contributed by atoms with Gasteiger partial charge in [-0.15, -0.1) is 0 Å². The minimum atomic E-state index is -0.747. The Bertz CT molecular complexity index is 896. The van der Waals surface area contributed by atoms with Crippen LogP contribution >= 0.6 is 11.6 Å². The monoisotopic (exact) mass is 373 g/mol. The topological polar surface area (TPSA) is 56.1 Å². The van der Waals surface area contributed by atoms with Gasteiger partial charge >= 0.3 is 0 Å². The number of amides is 1. The second kappa shape index (κ2) is 8.01. The maximum Gasteiger partial charge on any atom is 0.261 e. The zero-order valence-electron chi connectivity index (χ0n) is 14.0. The molecule has 1 amide bonds. The number of benzene rings is 2. The van der Waals surface area contributed by atoms with Crippen molar-refractivity contribution >= 4 is 17.5 Å². The molecular formula is C19H17ClFN3O2. The zero-order valence-corrected chi connectivity index (χ0v) is 14.8. The summed E-state index contributed by atoms with van der Waals surface area (Å²) in [6.45, 7) is 1.92. The van der Waals surface area contributed by atoms with E-state index in [1.165, 1.54) is 18.2 Å². The lowest BCUT2D eigenvalue weighted by Crippen LogP contribution is -2.35. The number of carbonyl (C=O) groups excluding carboxylic acids is 1. The van der Waals surface area contributed by atoms with Crippen LogP contribution in [0.1, 0.15) is 12.5 Å². The quantitative estimate of drug-likeness (QED) is 0.716. The molecule has 0 aliphatic carbocycles. The predicted molar refractivity (Wildman–Crippen MR) is 96.9 cm³/mol. The van der Waals surface area contributed by atoms with E-state index < -0.39 is 11.9 Å². The van der Waals surface area contributed by atoms with Crippen LogP contribution in [-0.4, -0.2) is 21.8 Å². The van der Waals surface area contributed by atoms with Crippen LogP contribution < -0.4 is 10.1 Å². The van der Waals surface area contributed by atoms with Crippen molar-refractivity contribution < 1.29 is 13.9 Å². The molecule has 0 aliphatic heterocycles. The lowest BCUT2D eigenvalue weighted by molar-refractivity contribution is -0.127. The van der Waals surface area contributed by atoms with Gasteiger partial charge in [0.2, 0.25) is 0 Å². The predicted octanol–water partition coefficient (Wildman–Crippen LogP) is 3.75. The lowest BCUT2D eigenvalue weighted by atomic mass is 10.3. The average Bonchev–Trinajstić information content (AvgIpc) is 3.09.